The SMILES string of the molecule is Cc1ccc(N2CCN(C(=O)Nc3ccc(C(C)C)nc3)CC2)nn1. The van der Waals surface area contributed by atoms with E-state index in [0.29, 0.717) is 19.0 Å². The van der Waals surface area contributed by atoms with Gasteiger partial charge in [-0.25, -0.2) is 4.79 Å². The van der Waals surface area contributed by atoms with Crippen molar-refractivity contribution in [3.63, 3.8) is 0 Å². The van der Waals surface area contributed by atoms with E-state index in [1.165, 1.54) is 0 Å². The van der Waals surface area contributed by atoms with Gasteiger partial charge in [0.05, 0.1) is 17.6 Å². The zero-order valence-corrected chi connectivity index (χ0v) is 14.9. The highest BCUT2D eigenvalue weighted by atomic mass is 16.2. The van der Waals surface area contributed by atoms with E-state index in [1.54, 1.807) is 6.20 Å². The van der Waals surface area contributed by atoms with Crippen LogP contribution in [0.5, 0.6) is 0 Å². The number of pyridine rings is 1. The smallest absolute Gasteiger partial charge is 0.322 e. The Bertz CT molecular complexity index is 705. The number of amides is 2. The zero-order valence-electron chi connectivity index (χ0n) is 14.9. The minimum Gasteiger partial charge on any atom is -0.352 e. The van der Waals surface area contributed by atoms with Crippen LogP contribution in [0.4, 0.5) is 16.3 Å². The molecule has 3 heterocycles. The Hall–Kier alpha value is -2.70. The normalized spacial score (nSPS) is 14.7. The number of rotatable bonds is 3. The number of nitrogens with zero attached hydrogens (tertiary/aromatic N) is 5. The summed E-state index contributed by atoms with van der Waals surface area (Å²) in [5, 5.41) is 11.2. The molecular formula is C18H24N6O. The van der Waals surface area contributed by atoms with E-state index in [9.17, 15) is 4.79 Å². The van der Waals surface area contributed by atoms with E-state index in [-0.39, 0.29) is 6.03 Å². The lowest BCUT2D eigenvalue weighted by atomic mass is 10.1. The van der Waals surface area contributed by atoms with E-state index in [0.717, 1.165) is 36.0 Å². The van der Waals surface area contributed by atoms with Crippen molar-refractivity contribution in [3.8, 4) is 0 Å². The van der Waals surface area contributed by atoms with Crippen LogP contribution >= 0.6 is 0 Å². The predicted molar refractivity (Wildman–Crippen MR) is 97.9 cm³/mol. The summed E-state index contributed by atoms with van der Waals surface area (Å²) in [6.07, 6.45) is 1.71. The van der Waals surface area contributed by atoms with Gasteiger partial charge in [-0.3, -0.25) is 4.98 Å². The number of nitrogens with one attached hydrogen (secondary N) is 1. The maximum atomic E-state index is 12.4. The van der Waals surface area contributed by atoms with Crippen molar-refractivity contribution in [2.45, 2.75) is 26.7 Å². The molecule has 1 aliphatic heterocycles. The molecule has 0 unspecified atom stereocenters. The van der Waals surface area contributed by atoms with Gasteiger partial charge in [0, 0.05) is 31.9 Å². The van der Waals surface area contributed by atoms with Crippen molar-refractivity contribution in [2.75, 3.05) is 36.4 Å². The van der Waals surface area contributed by atoms with Crippen molar-refractivity contribution >= 4 is 17.5 Å². The Labute approximate surface area is 148 Å². The Morgan fingerprint density at radius 2 is 1.84 bits per heavy atom. The first-order chi connectivity index (χ1) is 12.0. The third-order valence-corrected chi connectivity index (χ3v) is 4.30. The highest BCUT2D eigenvalue weighted by molar-refractivity contribution is 5.89. The van der Waals surface area contributed by atoms with E-state index in [2.05, 4.69) is 39.2 Å². The third-order valence-electron chi connectivity index (χ3n) is 4.30. The van der Waals surface area contributed by atoms with Gasteiger partial charge in [-0.2, -0.15) is 5.10 Å². The van der Waals surface area contributed by atoms with Crippen LogP contribution in [0.1, 0.15) is 31.2 Å². The molecule has 0 atom stereocenters. The number of hydrogen-bond donors (Lipinski definition) is 1. The van der Waals surface area contributed by atoms with Crippen LogP contribution in [-0.4, -0.2) is 52.3 Å². The molecule has 0 bridgehead atoms. The molecule has 1 saturated heterocycles. The number of carbonyl (C=O) groups is 1. The molecular weight excluding hydrogens is 316 g/mol. The topological polar surface area (TPSA) is 74.2 Å². The molecule has 7 nitrogen and oxygen atoms in total. The first-order valence-corrected chi connectivity index (χ1v) is 8.60. The lowest BCUT2D eigenvalue weighted by Crippen LogP contribution is -2.50. The summed E-state index contributed by atoms with van der Waals surface area (Å²) >= 11 is 0. The fourth-order valence-corrected chi connectivity index (χ4v) is 2.72. The lowest BCUT2D eigenvalue weighted by molar-refractivity contribution is 0.208. The zero-order chi connectivity index (χ0) is 17.8. The number of urea groups is 1. The lowest BCUT2D eigenvalue weighted by Gasteiger charge is -2.35. The summed E-state index contributed by atoms with van der Waals surface area (Å²) in [5.41, 5.74) is 2.64. The monoisotopic (exact) mass is 340 g/mol. The summed E-state index contributed by atoms with van der Waals surface area (Å²) in [6, 6.07) is 7.69. The third kappa shape index (κ3) is 4.23. The summed E-state index contributed by atoms with van der Waals surface area (Å²) in [4.78, 5) is 20.8. The first kappa shape index (κ1) is 17.1. The van der Waals surface area contributed by atoms with Crippen molar-refractivity contribution in [3.05, 3.63) is 41.9 Å². The molecule has 1 fully saturated rings. The van der Waals surface area contributed by atoms with Crippen LogP contribution in [-0.2, 0) is 0 Å². The second-order valence-corrected chi connectivity index (χ2v) is 6.56. The van der Waals surface area contributed by atoms with Crippen molar-refractivity contribution in [1.29, 1.82) is 0 Å². The molecule has 2 aromatic rings. The second kappa shape index (κ2) is 7.46. The molecule has 1 N–H and O–H groups in total. The molecule has 0 spiro atoms. The Morgan fingerprint density at radius 1 is 1.08 bits per heavy atom. The van der Waals surface area contributed by atoms with Crippen LogP contribution in [0, 0.1) is 6.92 Å². The molecule has 25 heavy (non-hydrogen) atoms. The van der Waals surface area contributed by atoms with Crippen LogP contribution in [0.3, 0.4) is 0 Å². The van der Waals surface area contributed by atoms with Gasteiger partial charge in [0.2, 0.25) is 0 Å². The van der Waals surface area contributed by atoms with Crippen LogP contribution in [0.2, 0.25) is 0 Å². The van der Waals surface area contributed by atoms with Gasteiger partial charge in [-0.15, -0.1) is 5.10 Å². The van der Waals surface area contributed by atoms with Crippen molar-refractivity contribution < 1.29 is 4.79 Å². The standard InChI is InChI=1S/C18H24N6O/c1-13(2)16-6-5-15(12-19-16)20-18(25)24-10-8-23(9-11-24)17-7-4-14(3)21-22-17/h4-7,12-13H,8-11H2,1-3H3,(H,20,25). The van der Waals surface area contributed by atoms with Gasteiger partial charge < -0.3 is 15.1 Å². The highest BCUT2D eigenvalue weighted by Crippen LogP contribution is 2.16. The summed E-state index contributed by atoms with van der Waals surface area (Å²) in [5.74, 6) is 1.24. The van der Waals surface area contributed by atoms with E-state index >= 15 is 0 Å². The fraction of sp³-hybridized carbons (Fsp3) is 0.444. The number of piperazine rings is 1. The van der Waals surface area contributed by atoms with Gasteiger partial charge in [-0.05, 0) is 37.1 Å². The largest absolute Gasteiger partial charge is 0.352 e. The average molecular weight is 340 g/mol. The summed E-state index contributed by atoms with van der Waals surface area (Å²) < 4.78 is 0. The Morgan fingerprint density at radius 3 is 2.40 bits per heavy atom. The van der Waals surface area contributed by atoms with Crippen molar-refractivity contribution in [2.24, 2.45) is 0 Å². The molecule has 0 radical (unpaired) electrons. The minimum absolute atomic E-state index is 0.0891. The van der Waals surface area contributed by atoms with Gasteiger partial charge in [0.25, 0.3) is 0 Å². The number of aromatic nitrogens is 3. The fourth-order valence-electron chi connectivity index (χ4n) is 2.72. The molecule has 1 aliphatic rings. The van der Waals surface area contributed by atoms with Crippen LogP contribution in [0.15, 0.2) is 30.5 Å². The minimum atomic E-state index is -0.0891. The van der Waals surface area contributed by atoms with E-state index < -0.39 is 0 Å². The van der Waals surface area contributed by atoms with Gasteiger partial charge in [0.1, 0.15) is 0 Å². The highest BCUT2D eigenvalue weighted by Gasteiger charge is 2.22. The number of carbonyl (C=O) groups excluding carboxylic acids is 1. The van der Waals surface area contributed by atoms with Crippen LogP contribution < -0.4 is 10.2 Å². The summed E-state index contributed by atoms with van der Waals surface area (Å²) in [6.45, 7) is 8.90. The van der Waals surface area contributed by atoms with E-state index in [4.69, 9.17) is 0 Å². The molecule has 0 aliphatic carbocycles. The Balaban J connectivity index is 1.53. The van der Waals surface area contributed by atoms with E-state index in [1.807, 2.05) is 36.1 Å². The number of aryl methyl sites for hydroxylation is 1. The molecule has 0 aromatic carbocycles. The van der Waals surface area contributed by atoms with Crippen molar-refractivity contribution in [1.82, 2.24) is 20.1 Å². The molecule has 0 saturated carbocycles. The Kier molecular flexibility index (Phi) is 5.11. The average Bonchev–Trinajstić information content (AvgIpc) is 2.63. The molecule has 2 aromatic heterocycles. The second-order valence-electron chi connectivity index (χ2n) is 6.56. The van der Waals surface area contributed by atoms with Gasteiger partial charge in [0.15, 0.2) is 5.82 Å². The quantitative estimate of drug-likeness (QED) is 0.930. The van der Waals surface area contributed by atoms with Gasteiger partial charge >= 0.3 is 6.03 Å². The molecule has 7 heteroatoms. The van der Waals surface area contributed by atoms with Crippen LogP contribution in [0.25, 0.3) is 0 Å². The maximum Gasteiger partial charge on any atom is 0.322 e. The maximum absolute atomic E-state index is 12.4. The number of hydrogen-bond acceptors (Lipinski definition) is 5. The molecule has 3 rings (SSSR count). The van der Waals surface area contributed by atoms with Gasteiger partial charge in [-0.1, -0.05) is 13.8 Å². The molecule has 132 valence electrons. The first-order valence-electron chi connectivity index (χ1n) is 8.60. The predicted octanol–water partition coefficient (Wildman–Crippen LogP) is 2.66. The molecule has 2 amide bonds. The number of anilines is 2. The summed E-state index contributed by atoms with van der Waals surface area (Å²) in [7, 11) is 0.